The summed E-state index contributed by atoms with van der Waals surface area (Å²) in [5.74, 6) is -1.16. The highest BCUT2D eigenvalue weighted by atomic mass is 19.1. The first kappa shape index (κ1) is 15.1. The predicted molar refractivity (Wildman–Crippen MR) is 83.8 cm³/mol. The number of fused-ring (bicyclic) bond motifs is 1. The fourth-order valence-electron chi connectivity index (χ4n) is 2.71. The first-order valence-corrected chi connectivity index (χ1v) is 7.29. The Balaban J connectivity index is 2.09. The number of rotatable bonds is 4. The van der Waals surface area contributed by atoms with Crippen LogP contribution in [-0.2, 0) is 11.2 Å². The molecule has 6 heteroatoms. The molecule has 0 bridgehead atoms. The minimum absolute atomic E-state index is 0.0485. The number of aryl methyl sites for hydroxylation is 2. The Labute approximate surface area is 132 Å². The summed E-state index contributed by atoms with van der Waals surface area (Å²) < 4.78 is 15.1. The summed E-state index contributed by atoms with van der Waals surface area (Å²) in [5, 5.41) is 13.4. The minimum Gasteiger partial charge on any atom is -0.481 e. The number of benzene rings is 1. The molecule has 0 fully saturated rings. The molecule has 3 rings (SSSR count). The Morgan fingerprint density at radius 3 is 2.78 bits per heavy atom. The molecule has 0 saturated carbocycles. The highest BCUT2D eigenvalue weighted by molar-refractivity contribution is 5.67. The molecule has 0 amide bonds. The summed E-state index contributed by atoms with van der Waals surface area (Å²) in [6.07, 6.45) is 0.456. The topological polar surface area (TPSA) is 67.5 Å². The lowest BCUT2D eigenvalue weighted by atomic mass is 10.1. The van der Waals surface area contributed by atoms with Crippen molar-refractivity contribution in [2.24, 2.45) is 0 Å². The van der Waals surface area contributed by atoms with Gasteiger partial charge in [0.15, 0.2) is 5.65 Å². The Hall–Kier alpha value is -2.76. The summed E-state index contributed by atoms with van der Waals surface area (Å²) in [6.45, 7) is 3.75. The molecule has 0 aliphatic carbocycles. The molecular weight excluding hydrogens is 297 g/mol. The van der Waals surface area contributed by atoms with E-state index in [4.69, 9.17) is 5.11 Å². The summed E-state index contributed by atoms with van der Waals surface area (Å²) in [7, 11) is 0. The lowest BCUT2D eigenvalue weighted by Gasteiger charge is -2.09. The van der Waals surface area contributed by atoms with E-state index in [1.165, 1.54) is 12.1 Å². The van der Waals surface area contributed by atoms with Crippen LogP contribution in [0.4, 0.5) is 4.39 Å². The van der Waals surface area contributed by atoms with Gasteiger partial charge >= 0.3 is 5.97 Å². The van der Waals surface area contributed by atoms with Gasteiger partial charge in [0, 0.05) is 29.4 Å². The van der Waals surface area contributed by atoms with Gasteiger partial charge < -0.3 is 5.11 Å². The molecule has 118 valence electrons. The van der Waals surface area contributed by atoms with Gasteiger partial charge in [0.1, 0.15) is 5.82 Å². The zero-order chi connectivity index (χ0) is 16.6. The van der Waals surface area contributed by atoms with E-state index >= 15 is 0 Å². The molecule has 0 saturated heterocycles. The maximum absolute atomic E-state index is 13.4. The SMILES string of the molecule is Cc1nc2cc(-c3cccc(F)c3)nn2c(C)c1CCC(=O)O. The zero-order valence-electron chi connectivity index (χ0n) is 12.9. The maximum Gasteiger partial charge on any atom is 0.303 e. The molecule has 0 aliphatic rings. The van der Waals surface area contributed by atoms with Gasteiger partial charge in [0.25, 0.3) is 0 Å². The van der Waals surface area contributed by atoms with Crippen molar-refractivity contribution in [2.75, 3.05) is 0 Å². The largest absolute Gasteiger partial charge is 0.481 e. The van der Waals surface area contributed by atoms with Crippen molar-refractivity contribution in [3.63, 3.8) is 0 Å². The molecule has 0 unspecified atom stereocenters. The standard InChI is InChI=1S/C17H16FN3O2/c1-10-14(6-7-17(22)23)11(2)21-16(19-10)9-15(20-21)12-4-3-5-13(18)8-12/h3-5,8-9H,6-7H2,1-2H3,(H,22,23). The average Bonchev–Trinajstić information content (AvgIpc) is 2.91. The van der Waals surface area contributed by atoms with Crippen LogP contribution in [0.2, 0.25) is 0 Å². The molecule has 2 aromatic heterocycles. The van der Waals surface area contributed by atoms with Crippen molar-refractivity contribution in [3.05, 3.63) is 53.1 Å². The van der Waals surface area contributed by atoms with Crippen LogP contribution in [0, 0.1) is 19.7 Å². The van der Waals surface area contributed by atoms with Gasteiger partial charge in [-0.15, -0.1) is 0 Å². The van der Waals surface area contributed by atoms with Crippen molar-refractivity contribution in [1.82, 2.24) is 14.6 Å². The number of nitrogens with zero attached hydrogens (tertiary/aromatic N) is 3. The Bertz CT molecular complexity index is 902. The molecular formula is C17H16FN3O2. The first-order chi connectivity index (χ1) is 11.0. The average molecular weight is 313 g/mol. The van der Waals surface area contributed by atoms with Crippen molar-refractivity contribution < 1.29 is 14.3 Å². The molecule has 1 aromatic carbocycles. The lowest BCUT2D eigenvalue weighted by Crippen LogP contribution is -2.07. The molecule has 5 nitrogen and oxygen atoms in total. The van der Waals surface area contributed by atoms with E-state index < -0.39 is 5.97 Å². The van der Waals surface area contributed by atoms with E-state index in [2.05, 4.69) is 10.1 Å². The third-order valence-corrected chi connectivity index (χ3v) is 3.87. The molecule has 0 atom stereocenters. The molecule has 0 radical (unpaired) electrons. The van der Waals surface area contributed by atoms with Gasteiger partial charge in [-0.1, -0.05) is 12.1 Å². The molecule has 23 heavy (non-hydrogen) atoms. The van der Waals surface area contributed by atoms with Crippen LogP contribution in [0.25, 0.3) is 16.9 Å². The van der Waals surface area contributed by atoms with E-state index in [0.29, 0.717) is 23.3 Å². The number of hydrogen-bond acceptors (Lipinski definition) is 3. The van der Waals surface area contributed by atoms with Crippen LogP contribution >= 0.6 is 0 Å². The van der Waals surface area contributed by atoms with Crippen LogP contribution in [0.5, 0.6) is 0 Å². The van der Waals surface area contributed by atoms with Gasteiger partial charge in [-0.05, 0) is 38.0 Å². The molecule has 0 spiro atoms. The molecule has 3 aromatic rings. The second-order valence-electron chi connectivity index (χ2n) is 5.46. The van der Waals surface area contributed by atoms with Crippen molar-refractivity contribution in [3.8, 4) is 11.3 Å². The number of aliphatic carboxylic acids is 1. The van der Waals surface area contributed by atoms with Crippen molar-refractivity contribution >= 4 is 11.6 Å². The molecule has 0 aliphatic heterocycles. The number of carbonyl (C=O) groups is 1. The highest BCUT2D eigenvalue weighted by Gasteiger charge is 2.14. The van der Waals surface area contributed by atoms with E-state index in [0.717, 1.165) is 17.0 Å². The summed E-state index contributed by atoms with van der Waals surface area (Å²) in [5.41, 5.74) is 4.51. The number of carboxylic acids is 1. The minimum atomic E-state index is -0.843. The third-order valence-electron chi connectivity index (χ3n) is 3.87. The molecule has 2 heterocycles. The van der Waals surface area contributed by atoms with Gasteiger partial charge in [-0.2, -0.15) is 5.10 Å². The van der Waals surface area contributed by atoms with Crippen LogP contribution in [0.15, 0.2) is 30.3 Å². The third kappa shape index (κ3) is 2.92. The fourth-order valence-corrected chi connectivity index (χ4v) is 2.71. The summed E-state index contributed by atoms with van der Waals surface area (Å²) >= 11 is 0. The van der Waals surface area contributed by atoms with Gasteiger partial charge in [-0.25, -0.2) is 13.9 Å². The maximum atomic E-state index is 13.4. The Morgan fingerprint density at radius 1 is 1.30 bits per heavy atom. The quantitative estimate of drug-likeness (QED) is 0.803. The summed E-state index contributed by atoms with van der Waals surface area (Å²) in [4.78, 5) is 15.3. The second-order valence-corrected chi connectivity index (χ2v) is 5.46. The van der Waals surface area contributed by atoms with E-state index in [1.807, 2.05) is 13.8 Å². The molecule has 1 N–H and O–H groups in total. The first-order valence-electron chi connectivity index (χ1n) is 7.29. The van der Waals surface area contributed by atoms with Crippen molar-refractivity contribution in [1.29, 1.82) is 0 Å². The predicted octanol–water partition coefficient (Wildman–Crippen LogP) is 3.17. The van der Waals surface area contributed by atoms with Gasteiger partial charge in [0.2, 0.25) is 0 Å². The fraction of sp³-hybridized carbons (Fsp3) is 0.235. The smallest absolute Gasteiger partial charge is 0.303 e. The van der Waals surface area contributed by atoms with E-state index in [-0.39, 0.29) is 12.2 Å². The van der Waals surface area contributed by atoms with E-state index in [9.17, 15) is 9.18 Å². The Morgan fingerprint density at radius 2 is 2.09 bits per heavy atom. The lowest BCUT2D eigenvalue weighted by molar-refractivity contribution is -0.136. The normalized spacial score (nSPS) is 11.1. The second kappa shape index (κ2) is 5.79. The van der Waals surface area contributed by atoms with Crippen LogP contribution < -0.4 is 0 Å². The van der Waals surface area contributed by atoms with Crippen molar-refractivity contribution in [2.45, 2.75) is 26.7 Å². The zero-order valence-corrected chi connectivity index (χ0v) is 12.9. The number of aromatic nitrogens is 3. The van der Waals surface area contributed by atoms with Crippen LogP contribution in [0.3, 0.4) is 0 Å². The Kier molecular flexibility index (Phi) is 3.82. The van der Waals surface area contributed by atoms with Gasteiger partial charge in [-0.3, -0.25) is 4.79 Å². The highest BCUT2D eigenvalue weighted by Crippen LogP contribution is 2.23. The number of halogens is 1. The van der Waals surface area contributed by atoms with Crippen LogP contribution in [0.1, 0.15) is 23.4 Å². The van der Waals surface area contributed by atoms with E-state index in [1.54, 1.807) is 22.7 Å². The van der Waals surface area contributed by atoms with Crippen LogP contribution in [-0.4, -0.2) is 25.7 Å². The number of carboxylic acid groups (broad SMARTS) is 1. The van der Waals surface area contributed by atoms with Gasteiger partial charge in [0.05, 0.1) is 5.69 Å². The number of hydrogen-bond donors (Lipinski definition) is 1. The summed E-state index contributed by atoms with van der Waals surface area (Å²) in [6, 6.07) is 8.04. The monoisotopic (exact) mass is 313 g/mol.